The molecule has 0 bridgehead atoms. The first-order chi connectivity index (χ1) is 32.1. The standard InChI is InChI=1S/C52H67N7O8/c1-28(2)42(56-50(62)64-7)48(60)58-21-9-11-38(58)37-25-36(44(53-37)30-13-14-30)32-17-19-34-35-20-18-33(24-41(35)67-27-52(5,6)26-66-40(34)23-32)46-45(31-15-16-31)54-47(55-46)39-12-10-22-59(39)49(61)43(29(3)4)57-51(63)65-8/h17-20,23-24,28-31,38-39,42-43H,9-16,21-22,25-27H2,1-8H3,(H,54,55)(H,56,62)(H,57,63)/t38-,39-,42-,43-/m0/s1. The lowest BCUT2D eigenvalue weighted by Crippen LogP contribution is -2.53. The van der Waals surface area contributed by atoms with Crippen LogP contribution in [0.4, 0.5) is 9.59 Å². The van der Waals surface area contributed by atoms with E-state index >= 15 is 0 Å². The summed E-state index contributed by atoms with van der Waals surface area (Å²) in [6, 6.07) is 11.0. The Balaban J connectivity index is 1.01. The van der Waals surface area contributed by atoms with Crippen molar-refractivity contribution in [3.05, 3.63) is 59.2 Å². The van der Waals surface area contributed by atoms with Gasteiger partial charge in [0.2, 0.25) is 11.8 Å². The number of aromatic amines is 1. The van der Waals surface area contributed by atoms with Crippen molar-refractivity contribution in [1.29, 1.82) is 0 Å². The highest BCUT2D eigenvalue weighted by Gasteiger charge is 2.43. The summed E-state index contributed by atoms with van der Waals surface area (Å²) in [5.74, 6) is 2.57. The zero-order valence-corrected chi connectivity index (χ0v) is 40.3. The number of rotatable bonds is 12. The summed E-state index contributed by atoms with van der Waals surface area (Å²) in [6.07, 6.45) is 7.04. The number of carbonyl (C=O) groups excluding carboxylic acids is 4. The maximum atomic E-state index is 14.0. The number of benzene rings is 2. The summed E-state index contributed by atoms with van der Waals surface area (Å²) >= 11 is 0. The Morgan fingerprint density at radius 1 is 0.731 bits per heavy atom. The molecule has 6 aliphatic rings. The molecule has 2 saturated carbocycles. The third kappa shape index (κ3) is 9.52. The molecule has 2 saturated heterocycles. The molecule has 3 N–H and O–H groups in total. The number of methoxy groups -OCH3 is 2. The number of nitrogens with zero attached hydrogens (tertiary/aromatic N) is 4. The van der Waals surface area contributed by atoms with Crippen molar-refractivity contribution in [2.24, 2.45) is 28.2 Å². The number of imidazole rings is 1. The van der Waals surface area contributed by atoms with Gasteiger partial charge in [-0.15, -0.1) is 0 Å². The maximum absolute atomic E-state index is 14.0. The van der Waals surface area contributed by atoms with Crippen LogP contribution >= 0.6 is 0 Å². The fourth-order valence-corrected chi connectivity index (χ4v) is 10.2. The number of ether oxygens (including phenoxy) is 4. The van der Waals surface area contributed by atoms with Crippen molar-refractivity contribution >= 4 is 35.3 Å². The predicted octanol–water partition coefficient (Wildman–Crippen LogP) is 8.80. The number of carbonyl (C=O) groups is 4. The number of hydrogen-bond donors (Lipinski definition) is 3. The van der Waals surface area contributed by atoms with Gasteiger partial charge in [-0.3, -0.25) is 14.6 Å². The molecule has 1 aromatic heterocycles. The van der Waals surface area contributed by atoms with Gasteiger partial charge < -0.3 is 44.4 Å². The Hall–Kier alpha value is -5.86. The number of amides is 4. The Bertz CT molecular complexity index is 2480. The molecule has 0 spiro atoms. The number of allylic oxidation sites excluding steroid dienone is 2. The van der Waals surface area contributed by atoms with Gasteiger partial charge in [0.25, 0.3) is 0 Å². The van der Waals surface area contributed by atoms with Crippen LogP contribution in [0.15, 0.2) is 47.1 Å². The second kappa shape index (κ2) is 18.7. The van der Waals surface area contributed by atoms with E-state index in [1.165, 1.54) is 19.8 Å². The van der Waals surface area contributed by atoms with E-state index in [1.54, 1.807) is 0 Å². The Labute approximate surface area is 393 Å². The van der Waals surface area contributed by atoms with E-state index in [0.717, 1.165) is 114 Å². The van der Waals surface area contributed by atoms with Crippen LogP contribution in [-0.4, -0.2) is 108 Å². The lowest BCUT2D eigenvalue weighted by molar-refractivity contribution is -0.135. The molecule has 67 heavy (non-hydrogen) atoms. The third-order valence-corrected chi connectivity index (χ3v) is 14.3. The second-order valence-corrected chi connectivity index (χ2v) is 20.8. The Morgan fingerprint density at radius 2 is 1.25 bits per heavy atom. The van der Waals surface area contributed by atoms with Crippen molar-refractivity contribution in [2.75, 3.05) is 40.5 Å². The van der Waals surface area contributed by atoms with Gasteiger partial charge in [-0.05, 0) is 98.6 Å². The van der Waals surface area contributed by atoms with Crippen LogP contribution in [0.5, 0.6) is 11.5 Å². The van der Waals surface area contributed by atoms with E-state index in [-0.39, 0.29) is 41.1 Å². The van der Waals surface area contributed by atoms with E-state index in [4.69, 9.17) is 28.9 Å². The molecule has 15 nitrogen and oxygen atoms in total. The summed E-state index contributed by atoms with van der Waals surface area (Å²) in [7, 11) is 2.62. The van der Waals surface area contributed by atoms with Crippen LogP contribution in [0.3, 0.4) is 0 Å². The zero-order valence-electron chi connectivity index (χ0n) is 40.3. The summed E-state index contributed by atoms with van der Waals surface area (Å²) in [5, 5.41) is 5.53. The van der Waals surface area contributed by atoms with Crippen LogP contribution in [0.1, 0.15) is 128 Å². The molecule has 358 valence electrons. The molecule has 5 heterocycles. The molecule has 0 unspecified atom stereocenters. The van der Waals surface area contributed by atoms with Gasteiger partial charge >= 0.3 is 12.2 Å². The largest absolute Gasteiger partial charge is 0.492 e. The molecular weight excluding hydrogens is 851 g/mol. The fourth-order valence-electron chi connectivity index (χ4n) is 10.2. The highest BCUT2D eigenvalue weighted by atomic mass is 16.5. The first kappa shape index (κ1) is 46.3. The van der Waals surface area contributed by atoms with E-state index in [0.29, 0.717) is 44.6 Å². The highest BCUT2D eigenvalue weighted by molar-refractivity contribution is 6.05. The summed E-state index contributed by atoms with van der Waals surface area (Å²) in [4.78, 5) is 70.6. The molecule has 0 radical (unpaired) electrons. The molecule has 4 amide bonds. The smallest absolute Gasteiger partial charge is 0.407 e. The maximum Gasteiger partial charge on any atom is 0.407 e. The number of aliphatic imine (C=N–C) groups is 1. The molecular formula is C52H67N7O8. The quantitative estimate of drug-likeness (QED) is 0.160. The average Bonchev–Trinajstić information content (AvgIpc) is 4.08. The number of fused-ring (bicyclic) bond motifs is 3. The van der Waals surface area contributed by atoms with E-state index in [9.17, 15) is 19.2 Å². The lowest BCUT2D eigenvalue weighted by Gasteiger charge is -2.31. The molecule has 2 aromatic carbocycles. The second-order valence-electron chi connectivity index (χ2n) is 20.8. The number of likely N-dealkylation sites (tertiary alicyclic amines) is 2. The molecule has 9 rings (SSSR count). The van der Waals surface area contributed by atoms with Crippen LogP contribution in [0, 0.1) is 23.2 Å². The van der Waals surface area contributed by atoms with Gasteiger partial charge in [-0.1, -0.05) is 53.7 Å². The zero-order chi connectivity index (χ0) is 47.3. The SMILES string of the molecule is COC(=O)N[C@H](C(=O)N1CCC[C@H]1C1=NC(C2CC2)=C(c2ccc3c(c2)OCC(C)(C)COc2cc(-c4nc([C@@H]5CCCN5C(=O)[C@@H](NC(=O)OC)C(C)C)[nH]c4C4CC4)ccc2-3)C1)C(C)C. The van der Waals surface area contributed by atoms with Crippen LogP contribution in [0.25, 0.3) is 28.0 Å². The number of alkyl carbamates (subject to hydrolysis) is 2. The predicted molar refractivity (Wildman–Crippen MR) is 255 cm³/mol. The number of nitrogens with one attached hydrogen (secondary N) is 3. The fraction of sp³-hybridized carbons (Fsp3) is 0.577. The highest BCUT2D eigenvalue weighted by Crippen LogP contribution is 2.50. The van der Waals surface area contributed by atoms with Crippen molar-refractivity contribution in [1.82, 2.24) is 30.4 Å². The summed E-state index contributed by atoms with van der Waals surface area (Å²) < 4.78 is 23.2. The minimum Gasteiger partial charge on any atom is -0.492 e. The van der Waals surface area contributed by atoms with Gasteiger partial charge in [0.15, 0.2) is 0 Å². The van der Waals surface area contributed by atoms with Gasteiger partial charge in [0.1, 0.15) is 29.4 Å². The average molecular weight is 918 g/mol. The van der Waals surface area contributed by atoms with Gasteiger partial charge in [0.05, 0.1) is 45.2 Å². The number of H-pyrrole nitrogens is 1. The van der Waals surface area contributed by atoms with Crippen molar-refractivity contribution in [2.45, 2.75) is 129 Å². The van der Waals surface area contributed by atoms with E-state index in [2.05, 4.69) is 65.9 Å². The first-order valence-electron chi connectivity index (χ1n) is 24.4. The monoisotopic (exact) mass is 918 g/mol. The van der Waals surface area contributed by atoms with Crippen LogP contribution < -0.4 is 20.1 Å². The van der Waals surface area contributed by atoms with Crippen molar-refractivity contribution in [3.8, 4) is 33.9 Å². The topological polar surface area (TPSA) is 177 Å². The number of hydrogen-bond acceptors (Lipinski definition) is 10. The summed E-state index contributed by atoms with van der Waals surface area (Å²) in [6.45, 7) is 14.1. The number of aromatic nitrogens is 2. The first-order valence-corrected chi connectivity index (χ1v) is 24.4. The van der Waals surface area contributed by atoms with Crippen LogP contribution in [-0.2, 0) is 19.1 Å². The molecule has 15 heteroatoms. The van der Waals surface area contributed by atoms with Gasteiger partial charge in [-0.2, -0.15) is 0 Å². The summed E-state index contributed by atoms with van der Waals surface area (Å²) in [5.41, 5.74) is 8.84. The normalized spacial score (nSPS) is 22.1. The molecule has 4 atom stereocenters. The van der Waals surface area contributed by atoms with Gasteiger partial charge in [-0.25, -0.2) is 14.6 Å². The van der Waals surface area contributed by atoms with E-state index in [1.807, 2.05) is 37.5 Å². The lowest BCUT2D eigenvalue weighted by atomic mass is 9.93. The van der Waals surface area contributed by atoms with Crippen molar-refractivity contribution < 1.29 is 38.1 Å². The molecule has 4 fully saturated rings. The minimum atomic E-state index is -0.713. The minimum absolute atomic E-state index is 0.0979. The Kier molecular flexibility index (Phi) is 12.9. The van der Waals surface area contributed by atoms with Crippen molar-refractivity contribution in [3.63, 3.8) is 0 Å². The molecule has 3 aromatic rings. The Morgan fingerprint density at radius 3 is 1.79 bits per heavy atom. The third-order valence-electron chi connectivity index (χ3n) is 14.3. The van der Waals surface area contributed by atoms with Gasteiger partial charge in [0, 0.05) is 70.6 Å². The molecule has 2 aliphatic carbocycles. The molecule has 4 aliphatic heterocycles. The van der Waals surface area contributed by atoms with Crippen LogP contribution in [0.2, 0.25) is 0 Å². The van der Waals surface area contributed by atoms with E-state index < -0.39 is 24.3 Å².